The zero-order valence-corrected chi connectivity index (χ0v) is 10.1. The minimum Gasteiger partial charge on any atom is -0.363 e. The molecule has 0 radical (unpaired) electrons. The molecular formula is C12H18N2O3. The highest BCUT2D eigenvalue weighted by Crippen LogP contribution is 2.06. The van der Waals surface area contributed by atoms with E-state index in [-0.39, 0.29) is 18.1 Å². The van der Waals surface area contributed by atoms with Crippen LogP contribution in [0.3, 0.4) is 0 Å². The Balaban J connectivity index is 2.15. The molecule has 0 aliphatic carbocycles. The van der Waals surface area contributed by atoms with E-state index in [1.165, 1.54) is 12.3 Å². The highest BCUT2D eigenvalue weighted by Gasteiger charge is 2.10. The van der Waals surface area contributed by atoms with Crippen molar-refractivity contribution in [3.05, 3.63) is 12.3 Å². The van der Waals surface area contributed by atoms with Crippen molar-refractivity contribution in [1.82, 2.24) is 5.16 Å². The predicted molar refractivity (Wildman–Crippen MR) is 63.5 cm³/mol. The minimum atomic E-state index is -0.334. The Hall–Kier alpha value is -1.65. The van der Waals surface area contributed by atoms with Gasteiger partial charge in [-0.05, 0) is 6.42 Å². The van der Waals surface area contributed by atoms with Crippen LogP contribution in [0.1, 0.15) is 45.4 Å². The van der Waals surface area contributed by atoms with Crippen molar-refractivity contribution < 1.29 is 14.1 Å². The van der Waals surface area contributed by atoms with Gasteiger partial charge in [-0.1, -0.05) is 31.3 Å². The molecule has 1 amide bonds. The van der Waals surface area contributed by atoms with E-state index >= 15 is 0 Å². The van der Waals surface area contributed by atoms with Gasteiger partial charge < -0.3 is 9.84 Å². The maximum Gasteiger partial charge on any atom is 0.233 e. The lowest BCUT2D eigenvalue weighted by Crippen LogP contribution is -2.16. The van der Waals surface area contributed by atoms with Crippen LogP contribution in [0, 0.1) is 0 Å². The van der Waals surface area contributed by atoms with Crippen molar-refractivity contribution >= 4 is 17.5 Å². The van der Waals surface area contributed by atoms with Crippen LogP contribution >= 0.6 is 0 Å². The van der Waals surface area contributed by atoms with E-state index in [4.69, 9.17) is 0 Å². The molecule has 0 atom stereocenters. The Morgan fingerprint density at radius 2 is 2.18 bits per heavy atom. The summed E-state index contributed by atoms with van der Waals surface area (Å²) in [7, 11) is 0. The molecule has 1 aromatic rings. The van der Waals surface area contributed by atoms with Gasteiger partial charge in [0.2, 0.25) is 5.91 Å². The summed E-state index contributed by atoms with van der Waals surface area (Å²) < 4.78 is 4.56. The van der Waals surface area contributed by atoms with Gasteiger partial charge in [-0.2, -0.15) is 0 Å². The van der Waals surface area contributed by atoms with Gasteiger partial charge in [-0.3, -0.25) is 9.59 Å². The third kappa shape index (κ3) is 5.85. The second-order valence-electron chi connectivity index (χ2n) is 3.96. The summed E-state index contributed by atoms with van der Waals surface area (Å²) >= 11 is 0. The lowest BCUT2D eigenvalue weighted by atomic mass is 10.1. The number of hydrogen-bond acceptors (Lipinski definition) is 4. The zero-order chi connectivity index (χ0) is 12.5. The van der Waals surface area contributed by atoms with Crippen LogP contribution in [0.5, 0.6) is 0 Å². The Labute approximate surface area is 101 Å². The summed E-state index contributed by atoms with van der Waals surface area (Å²) in [6.07, 6.45) is 5.95. The van der Waals surface area contributed by atoms with E-state index in [1.54, 1.807) is 0 Å². The van der Waals surface area contributed by atoms with Crippen molar-refractivity contribution in [3.63, 3.8) is 0 Å². The molecule has 0 spiro atoms. The molecule has 17 heavy (non-hydrogen) atoms. The van der Waals surface area contributed by atoms with Gasteiger partial charge in [0, 0.05) is 12.5 Å². The molecule has 0 aliphatic heterocycles. The number of carbonyl (C=O) groups is 2. The molecule has 5 heteroatoms. The van der Waals surface area contributed by atoms with Crippen LogP contribution in [-0.2, 0) is 9.59 Å². The third-order valence-corrected chi connectivity index (χ3v) is 2.37. The second-order valence-corrected chi connectivity index (χ2v) is 3.96. The summed E-state index contributed by atoms with van der Waals surface area (Å²) in [6.45, 7) is 2.12. The number of nitrogens with zero attached hydrogens (tertiary/aromatic N) is 1. The Kier molecular flexibility index (Phi) is 5.99. The number of Topliss-reactive ketones (excluding diaryl/α,β-unsaturated/α-hetero) is 1. The fourth-order valence-electron chi connectivity index (χ4n) is 1.48. The first-order chi connectivity index (χ1) is 8.22. The van der Waals surface area contributed by atoms with Gasteiger partial charge in [0.1, 0.15) is 12.0 Å². The molecule has 1 rings (SSSR count). The minimum absolute atomic E-state index is 0.0258. The fraction of sp³-hybridized carbons (Fsp3) is 0.583. The van der Waals surface area contributed by atoms with Gasteiger partial charge in [0.05, 0.1) is 6.42 Å². The largest absolute Gasteiger partial charge is 0.363 e. The Morgan fingerprint density at radius 3 is 2.82 bits per heavy atom. The maximum absolute atomic E-state index is 11.4. The number of rotatable bonds is 8. The average Bonchev–Trinajstić information content (AvgIpc) is 2.77. The SMILES string of the molecule is CCCCCCC(=O)CC(=O)Nc1ccon1. The van der Waals surface area contributed by atoms with E-state index in [9.17, 15) is 9.59 Å². The third-order valence-electron chi connectivity index (χ3n) is 2.37. The predicted octanol–water partition coefficient (Wildman–Crippen LogP) is 2.54. The van der Waals surface area contributed by atoms with E-state index in [2.05, 4.69) is 21.9 Å². The molecule has 0 bridgehead atoms. The molecule has 0 aromatic carbocycles. The van der Waals surface area contributed by atoms with Gasteiger partial charge in [-0.15, -0.1) is 0 Å². The number of hydrogen-bond donors (Lipinski definition) is 1. The first-order valence-electron chi connectivity index (χ1n) is 5.94. The fourth-order valence-corrected chi connectivity index (χ4v) is 1.48. The van der Waals surface area contributed by atoms with Crippen molar-refractivity contribution in [2.45, 2.75) is 45.4 Å². The molecular weight excluding hydrogens is 220 g/mol. The molecule has 1 N–H and O–H groups in total. The summed E-state index contributed by atoms with van der Waals surface area (Å²) in [4.78, 5) is 22.8. The summed E-state index contributed by atoms with van der Waals surface area (Å²) in [5.74, 6) is -0.0183. The number of unbranched alkanes of at least 4 members (excludes halogenated alkanes) is 3. The molecule has 94 valence electrons. The normalized spacial score (nSPS) is 10.2. The molecule has 5 nitrogen and oxygen atoms in total. The van der Waals surface area contributed by atoms with Crippen LogP contribution in [0.25, 0.3) is 0 Å². The van der Waals surface area contributed by atoms with Gasteiger partial charge in [-0.25, -0.2) is 0 Å². The average molecular weight is 238 g/mol. The summed E-state index contributed by atoms with van der Waals surface area (Å²) in [5, 5.41) is 6.02. The van der Waals surface area contributed by atoms with Gasteiger partial charge in [0.25, 0.3) is 0 Å². The number of aromatic nitrogens is 1. The number of ketones is 1. The maximum atomic E-state index is 11.4. The van der Waals surface area contributed by atoms with E-state index < -0.39 is 0 Å². The topological polar surface area (TPSA) is 72.2 Å². The molecule has 0 unspecified atom stereocenters. The standard InChI is InChI=1S/C12H18N2O3/c1-2-3-4-5-6-10(15)9-12(16)13-11-7-8-17-14-11/h7-8H,2-6,9H2,1H3,(H,13,14,16). The number of nitrogens with one attached hydrogen (secondary N) is 1. The molecule has 0 saturated carbocycles. The van der Waals surface area contributed by atoms with Crippen LogP contribution in [-0.4, -0.2) is 16.8 Å². The quantitative estimate of drug-likeness (QED) is 0.558. The molecule has 1 aromatic heterocycles. The lowest BCUT2D eigenvalue weighted by Gasteiger charge is -2.01. The van der Waals surface area contributed by atoms with Crippen LogP contribution in [0.2, 0.25) is 0 Å². The molecule has 0 saturated heterocycles. The van der Waals surface area contributed by atoms with Crippen LogP contribution < -0.4 is 5.32 Å². The highest BCUT2D eigenvalue weighted by atomic mass is 16.5. The van der Waals surface area contributed by atoms with Gasteiger partial charge >= 0.3 is 0 Å². The van der Waals surface area contributed by atoms with Crippen molar-refractivity contribution in [2.24, 2.45) is 0 Å². The van der Waals surface area contributed by atoms with E-state index in [0.717, 1.165) is 25.7 Å². The first kappa shape index (κ1) is 13.4. The van der Waals surface area contributed by atoms with Crippen molar-refractivity contribution in [2.75, 3.05) is 5.32 Å². The summed E-state index contributed by atoms with van der Waals surface area (Å²) in [5.41, 5.74) is 0. The zero-order valence-electron chi connectivity index (χ0n) is 10.1. The number of anilines is 1. The second kappa shape index (κ2) is 7.60. The van der Waals surface area contributed by atoms with Crippen LogP contribution in [0.4, 0.5) is 5.82 Å². The van der Waals surface area contributed by atoms with E-state index in [0.29, 0.717) is 12.2 Å². The first-order valence-corrected chi connectivity index (χ1v) is 5.94. The summed E-state index contributed by atoms with van der Waals surface area (Å²) in [6, 6.07) is 1.53. The monoisotopic (exact) mass is 238 g/mol. The molecule has 1 heterocycles. The van der Waals surface area contributed by atoms with Crippen molar-refractivity contribution in [1.29, 1.82) is 0 Å². The Bertz CT molecular complexity index is 347. The highest BCUT2D eigenvalue weighted by molar-refractivity contribution is 6.03. The number of amides is 1. The van der Waals surface area contributed by atoms with Crippen molar-refractivity contribution in [3.8, 4) is 0 Å². The van der Waals surface area contributed by atoms with E-state index in [1.807, 2.05) is 0 Å². The lowest BCUT2D eigenvalue weighted by molar-refractivity contribution is -0.125. The molecule has 0 fully saturated rings. The molecule has 0 aliphatic rings. The number of carbonyl (C=O) groups excluding carboxylic acids is 2. The van der Waals surface area contributed by atoms with Gasteiger partial charge in [0.15, 0.2) is 5.82 Å². The smallest absolute Gasteiger partial charge is 0.233 e. The van der Waals surface area contributed by atoms with Crippen LogP contribution in [0.15, 0.2) is 16.9 Å². The Morgan fingerprint density at radius 1 is 1.35 bits per heavy atom.